The van der Waals surface area contributed by atoms with Gasteiger partial charge in [-0.3, -0.25) is 0 Å². The van der Waals surface area contributed by atoms with Gasteiger partial charge in [0.2, 0.25) is 22.8 Å². The Bertz CT molecular complexity index is 2220. The summed E-state index contributed by atoms with van der Waals surface area (Å²) in [4.78, 5) is 37.0. The minimum Gasteiger partial charge on any atom is -0.477 e. The summed E-state index contributed by atoms with van der Waals surface area (Å²) >= 11 is 0. The first-order valence-corrected chi connectivity index (χ1v) is 15.3. The molecule has 0 unspecified atom stereocenters. The van der Waals surface area contributed by atoms with Gasteiger partial charge in [-0.05, 0) is 69.7 Å². The number of rotatable bonds is 9. The van der Waals surface area contributed by atoms with Crippen molar-refractivity contribution in [3.8, 4) is 0 Å². The van der Waals surface area contributed by atoms with Crippen molar-refractivity contribution < 1.29 is 28.6 Å². The first kappa shape index (κ1) is 26.8. The van der Waals surface area contributed by atoms with Crippen molar-refractivity contribution in [2.45, 2.75) is 72.6 Å². The molecule has 2 aromatic rings. The molecule has 0 fully saturated rings. The number of carbonyl (C=O) groups is 3. The van der Waals surface area contributed by atoms with Gasteiger partial charge in [0.1, 0.15) is 23.7 Å². The highest BCUT2D eigenvalue weighted by molar-refractivity contribution is 6.24. The van der Waals surface area contributed by atoms with E-state index in [2.05, 4.69) is 70.8 Å². The lowest BCUT2D eigenvalue weighted by atomic mass is 9.90. The maximum absolute atomic E-state index is 13.2. The predicted molar refractivity (Wildman–Crippen MR) is 168 cm³/mol. The minimum absolute atomic E-state index is 0.0713. The number of aldehydes is 2. The lowest BCUT2D eigenvalue weighted by Crippen LogP contribution is -2.70. The van der Waals surface area contributed by atoms with E-state index in [1.54, 1.807) is 0 Å². The molecule has 1 spiro atoms. The Balaban J connectivity index is 1.67. The Morgan fingerprint density at radius 2 is 1.73 bits per heavy atom. The van der Waals surface area contributed by atoms with Gasteiger partial charge in [-0.2, -0.15) is 9.13 Å². The lowest BCUT2D eigenvalue weighted by molar-refractivity contribution is -0.837. The Labute approximate surface area is 254 Å². The second-order valence-corrected chi connectivity index (χ2v) is 12.4. The fourth-order valence-corrected chi connectivity index (χ4v) is 8.86. The number of unbranched alkanes of at least 4 members (excludes halogenated alkanes) is 1. The third-order valence-corrected chi connectivity index (χ3v) is 10.6. The molecule has 8 heteroatoms. The van der Waals surface area contributed by atoms with Crippen LogP contribution in [0.5, 0.6) is 0 Å². The molecule has 0 aliphatic carbocycles. The number of hydrogen-bond acceptors (Lipinski definition) is 3. The number of aromatic nitrogens is 2. The third-order valence-electron chi connectivity index (χ3n) is 10.6. The lowest BCUT2D eigenvalue weighted by Gasteiger charge is -2.39. The van der Waals surface area contributed by atoms with E-state index in [-0.39, 0.29) is 12.0 Å². The number of allylic oxidation sites excluding steroid dienone is 4. The van der Waals surface area contributed by atoms with E-state index < -0.39 is 11.9 Å². The molecule has 1 N–H and O–H groups in total. The van der Waals surface area contributed by atoms with Crippen LogP contribution in [0.1, 0.15) is 80.1 Å². The second-order valence-electron chi connectivity index (χ2n) is 12.4. The fraction of sp³-hybridized carbons (Fsp3) is 0.306. The van der Waals surface area contributed by atoms with Gasteiger partial charge >= 0.3 is 11.9 Å². The Morgan fingerprint density at radius 1 is 0.955 bits per heavy atom. The molecule has 0 amide bonds. The summed E-state index contributed by atoms with van der Waals surface area (Å²) in [6.07, 6.45) is 13.0. The van der Waals surface area contributed by atoms with Crippen molar-refractivity contribution in [2.24, 2.45) is 0 Å². The molecule has 0 bridgehead atoms. The van der Waals surface area contributed by atoms with Crippen LogP contribution in [-0.2, 0) is 26.7 Å². The van der Waals surface area contributed by atoms with Gasteiger partial charge in [0.05, 0.1) is 22.1 Å². The van der Waals surface area contributed by atoms with Gasteiger partial charge in [-0.25, -0.2) is 4.79 Å². The molecule has 0 saturated heterocycles. The van der Waals surface area contributed by atoms with Gasteiger partial charge in [-0.1, -0.05) is 28.7 Å². The van der Waals surface area contributed by atoms with E-state index in [0.29, 0.717) is 36.1 Å². The summed E-state index contributed by atoms with van der Waals surface area (Å²) in [7, 11) is 0. The molecule has 8 nitrogen and oxygen atoms in total. The van der Waals surface area contributed by atoms with E-state index in [4.69, 9.17) is 0 Å². The second kappa shape index (κ2) is 8.62. The molecule has 0 aromatic carbocycles. The average Bonchev–Trinajstić information content (AvgIpc) is 3.65. The van der Waals surface area contributed by atoms with E-state index in [0.717, 1.165) is 80.5 Å². The molecular formula is C36H34N4O4+2. The van der Waals surface area contributed by atoms with Crippen LogP contribution in [0.3, 0.4) is 0 Å². The van der Waals surface area contributed by atoms with Crippen molar-refractivity contribution in [2.75, 3.05) is 0 Å². The van der Waals surface area contributed by atoms with Crippen molar-refractivity contribution in [1.82, 2.24) is 9.13 Å². The fourth-order valence-electron chi connectivity index (χ4n) is 8.86. The van der Waals surface area contributed by atoms with Crippen LogP contribution in [0.15, 0.2) is 45.8 Å². The molecule has 44 heavy (non-hydrogen) atoms. The normalized spacial score (nSPS) is 21.4. The van der Waals surface area contributed by atoms with Crippen LogP contribution in [-0.4, -0.2) is 53.4 Å². The summed E-state index contributed by atoms with van der Waals surface area (Å²) in [5, 5.41) is 12.9. The van der Waals surface area contributed by atoms with Crippen molar-refractivity contribution in [3.05, 3.63) is 90.2 Å². The highest BCUT2D eigenvalue weighted by Gasteiger charge is 2.74. The van der Waals surface area contributed by atoms with Gasteiger partial charge in [0.25, 0.3) is 0 Å². The number of nitrogens with zero attached hydrogens (tertiary/aromatic N) is 4. The van der Waals surface area contributed by atoms with E-state index in [1.165, 1.54) is 11.1 Å². The monoisotopic (exact) mass is 586 g/mol. The Kier molecular flexibility index (Phi) is 5.24. The SMILES string of the molecule is C=Cc1c(C)c2n3c1C=c1c(C)c(CC)c4n1[C@@]31[N+]3=C(C=4)C(C)=C(C(=O)O)C3=C(CC=O)C3=[N+]1C(=C2)C(C)=C3CCCC=O. The average molecular weight is 587 g/mol. The molecule has 220 valence electrons. The van der Waals surface area contributed by atoms with Gasteiger partial charge in [-0.15, -0.1) is 0 Å². The van der Waals surface area contributed by atoms with Crippen LogP contribution in [0.2, 0.25) is 0 Å². The zero-order chi connectivity index (χ0) is 31.0. The number of carboxylic acid groups (broad SMARTS) is 1. The summed E-state index contributed by atoms with van der Waals surface area (Å²) in [5.41, 5.74) is 13.8. The standard InChI is InChI=1S/C36H33N4O4/c1-7-22-18(3)26-15-28-20(5)24(11-9-10-13-41)33-25(12-14-42)34-32(35(43)44)21(6)29-17-31-23(8-2)19(4)27-16-30(22)37(26)36(38(27)31,39(28)33)40(29)34/h7,13-17H,1,8-12H2,2-6H3/q+1/p+1/t36-/m0/s1. The van der Waals surface area contributed by atoms with Crippen molar-refractivity contribution >= 4 is 54.3 Å². The zero-order valence-electron chi connectivity index (χ0n) is 25.7. The molecular weight excluding hydrogens is 552 g/mol. The number of carbonyl (C=O) groups excluding carboxylic acids is 2. The van der Waals surface area contributed by atoms with Gasteiger partial charge in [0, 0.05) is 47.3 Å². The first-order valence-electron chi connectivity index (χ1n) is 15.3. The highest BCUT2D eigenvalue weighted by atomic mass is 16.4. The van der Waals surface area contributed by atoms with Crippen molar-refractivity contribution in [3.63, 3.8) is 0 Å². The quantitative estimate of drug-likeness (QED) is 0.277. The molecule has 6 aliphatic heterocycles. The minimum atomic E-state index is -1.04. The maximum Gasteiger partial charge on any atom is 0.553 e. The third kappa shape index (κ3) is 2.66. The van der Waals surface area contributed by atoms with Crippen molar-refractivity contribution in [1.29, 1.82) is 0 Å². The van der Waals surface area contributed by atoms with Crippen LogP contribution in [0, 0.1) is 13.8 Å². The predicted octanol–water partition coefficient (Wildman–Crippen LogP) is 3.40. The Hall–Kier alpha value is -4.85. The zero-order valence-corrected chi connectivity index (χ0v) is 25.7. The largest absolute Gasteiger partial charge is 0.553 e. The number of aliphatic carboxylic acids is 1. The highest BCUT2D eigenvalue weighted by Crippen LogP contribution is 2.53. The van der Waals surface area contributed by atoms with Gasteiger partial charge in [0.15, 0.2) is 0 Å². The summed E-state index contributed by atoms with van der Waals surface area (Å²) in [6, 6.07) is 0. The molecule has 1 atom stereocenters. The molecule has 2 aromatic heterocycles. The summed E-state index contributed by atoms with van der Waals surface area (Å²) in [6.45, 7) is 14.7. The molecule has 0 saturated carbocycles. The molecule has 8 heterocycles. The van der Waals surface area contributed by atoms with Gasteiger partial charge < -0.3 is 14.7 Å². The van der Waals surface area contributed by atoms with Crippen LogP contribution >= 0.6 is 0 Å². The van der Waals surface area contributed by atoms with E-state index >= 15 is 0 Å². The van der Waals surface area contributed by atoms with Crippen LogP contribution in [0.4, 0.5) is 0 Å². The smallest absolute Gasteiger partial charge is 0.477 e. The van der Waals surface area contributed by atoms with Crippen LogP contribution in [0.25, 0.3) is 24.3 Å². The molecule has 6 aliphatic rings. The van der Waals surface area contributed by atoms with E-state index in [1.807, 2.05) is 13.0 Å². The topological polar surface area (TPSA) is 87.3 Å². The molecule has 8 rings (SSSR count). The Morgan fingerprint density at radius 3 is 2.39 bits per heavy atom. The maximum atomic E-state index is 13.2. The van der Waals surface area contributed by atoms with E-state index in [9.17, 15) is 19.5 Å². The number of hydrogen-bond donors (Lipinski definition) is 1. The first-order chi connectivity index (χ1) is 21.2. The van der Waals surface area contributed by atoms with Crippen LogP contribution < -0.4 is 10.7 Å². The molecule has 0 radical (unpaired) electrons. The summed E-state index contributed by atoms with van der Waals surface area (Å²) in [5.74, 6) is -2.05. The number of carboxylic acids is 1. The summed E-state index contributed by atoms with van der Waals surface area (Å²) < 4.78 is 9.33.